The smallest absolute Gasteiger partial charge is 0.344 e. The maximum absolute atomic E-state index is 13.1. The number of nitrogens with zero attached hydrogens (tertiary/aromatic N) is 1. The Labute approximate surface area is 170 Å². The second-order valence-electron chi connectivity index (χ2n) is 6.43. The molecule has 0 aliphatic carbocycles. The molecule has 0 amide bonds. The molecule has 0 bridgehead atoms. The number of aryl methyl sites for hydroxylation is 1. The van der Waals surface area contributed by atoms with E-state index in [1.807, 2.05) is 25.1 Å². The number of ether oxygens (including phenoxy) is 1. The van der Waals surface area contributed by atoms with Gasteiger partial charge in [0.1, 0.15) is 0 Å². The first-order chi connectivity index (χ1) is 13.9. The number of sulfonamides is 1. The van der Waals surface area contributed by atoms with E-state index < -0.39 is 16.0 Å². The molecule has 0 unspecified atom stereocenters. The van der Waals surface area contributed by atoms with Crippen LogP contribution >= 0.6 is 0 Å². The largest absolute Gasteiger partial charge is 0.405 e. The Hall–Kier alpha value is -3.38. The molecule has 6 heteroatoms. The van der Waals surface area contributed by atoms with Gasteiger partial charge in [0.15, 0.2) is 0 Å². The number of rotatable bonds is 6. The maximum atomic E-state index is 13.1. The van der Waals surface area contributed by atoms with Gasteiger partial charge in [0, 0.05) is 13.1 Å². The molecule has 0 heterocycles. The second-order valence-corrected chi connectivity index (χ2v) is 8.40. The van der Waals surface area contributed by atoms with Gasteiger partial charge in [0.25, 0.3) is 10.0 Å². The summed E-state index contributed by atoms with van der Waals surface area (Å²) in [6, 6.07) is 24.0. The van der Waals surface area contributed by atoms with Gasteiger partial charge in [0.2, 0.25) is 5.88 Å². The van der Waals surface area contributed by atoms with Crippen molar-refractivity contribution in [2.24, 2.45) is 0 Å². The molecule has 0 saturated heterocycles. The van der Waals surface area contributed by atoms with Crippen LogP contribution in [0.4, 0.5) is 0 Å². The Balaban J connectivity index is 1.99. The van der Waals surface area contributed by atoms with E-state index in [-0.39, 0.29) is 10.8 Å². The number of carbonyl (C=O) groups is 1. The number of esters is 1. The summed E-state index contributed by atoms with van der Waals surface area (Å²) in [4.78, 5) is 12.7. The Morgan fingerprint density at radius 2 is 1.41 bits per heavy atom. The first-order valence-electron chi connectivity index (χ1n) is 8.97. The van der Waals surface area contributed by atoms with Gasteiger partial charge in [0.05, 0.1) is 10.5 Å². The first-order valence-corrected chi connectivity index (χ1v) is 10.4. The van der Waals surface area contributed by atoms with Gasteiger partial charge in [-0.25, -0.2) is 17.5 Å². The minimum atomic E-state index is -3.92. The fraction of sp³-hybridized carbons (Fsp3) is 0.0870. The summed E-state index contributed by atoms with van der Waals surface area (Å²) >= 11 is 0. The van der Waals surface area contributed by atoms with Gasteiger partial charge in [-0.3, -0.25) is 0 Å². The SMILES string of the molecule is Cc1ccc(S(=O)(=O)N(C)/C(=C\c2ccccc2)OC(=O)c2ccccc2)cc1. The van der Waals surface area contributed by atoms with Gasteiger partial charge in [-0.05, 0) is 36.8 Å². The normalized spacial score (nSPS) is 11.7. The summed E-state index contributed by atoms with van der Waals surface area (Å²) in [6.07, 6.45) is 1.52. The van der Waals surface area contributed by atoms with Crippen molar-refractivity contribution >= 4 is 22.1 Å². The van der Waals surface area contributed by atoms with Crippen molar-refractivity contribution < 1.29 is 17.9 Å². The zero-order valence-corrected chi connectivity index (χ0v) is 17.0. The lowest BCUT2D eigenvalue weighted by Gasteiger charge is -2.22. The molecular weight excluding hydrogens is 386 g/mol. The lowest BCUT2D eigenvalue weighted by Crippen LogP contribution is -2.29. The fourth-order valence-corrected chi connectivity index (χ4v) is 3.71. The first kappa shape index (κ1) is 20.4. The molecule has 29 heavy (non-hydrogen) atoms. The van der Waals surface area contributed by atoms with Gasteiger partial charge in [-0.2, -0.15) is 0 Å². The Kier molecular flexibility index (Phi) is 6.14. The van der Waals surface area contributed by atoms with E-state index in [0.29, 0.717) is 11.1 Å². The second kappa shape index (κ2) is 8.75. The number of benzene rings is 3. The van der Waals surface area contributed by atoms with Crippen molar-refractivity contribution in [1.82, 2.24) is 4.31 Å². The molecule has 0 atom stereocenters. The summed E-state index contributed by atoms with van der Waals surface area (Å²) in [7, 11) is -2.55. The fourth-order valence-electron chi connectivity index (χ4n) is 2.59. The van der Waals surface area contributed by atoms with Gasteiger partial charge < -0.3 is 4.74 Å². The van der Waals surface area contributed by atoms with E-state index in [1.165, 1.54) is 25.3 Å². The van der Waals surface area contributed by atoms with Crippen LogP contribution in [0.15, 0.2) is 95.7 Å². The summed E-state index contributed by atoms with van der Waals surface area (Å²) in [5, 5.41) is 0. The van der Waals surface area contributed by atoms with Crippen molar-refractivity contribution in [3.63, 3.8) is 0 Å². The molecule has 0 saturated carbocycles. The summed E-state index contributed by atoms with van der Waals surface area (Å²) in [6.45, 7) is 1.88. The van der Waals surface area contributed by atoms with Crippen LogP contribution in [0, 0.1) is 6.92 Å². The van der Waals surface area contributed by atoms with Crippen LogP contribution in [0.5, 0.6) is 0 Å². The van der Waals surface area contributed by atoms with E-state index >= 15 is 0 Å². The van der Waals surface area contributed by atoms with E-state index in [9.17, 15) is 13.2 Å². The highest BCUT2D eigenvalue weighted by molar-refractivity contribution is 7.89. The number of hydrogen-bond acceptors (Lipinski definition) is 4. The highest BCUT2D eigenvalue weighted by Crippen LogP contribution is 2.22. The van der Waals surface area contributed by atoms with Crippen LogP contribution in [0.3, 0.4) is 0 Å². The Bertz CT molecular complexity index is 1110. The minimum Gasteiger partial charge on any atom is -0.405 e. The Morgan fingerprint density at radius 1 is 0.862 bits per heavy atom. The molecule has 5 nitrogen and oxygen atoms in total. The topological polar surface area (TPSA) is 63.7 Å². The van der Waals surface area contributed by atoms with E-state index in [4.69, 9.17) is 4.74 Å². The number of hydrogen-bond donors (Lipinski definition) is 0. The van der Waals surface area contributed by atoms with Crippen LogP contribution in [0.2, 0.25) is 0 Å². The summed E-state index contributed by atoms with van der Waals surface area (Å²) in [5.74, 6) is -0.732. The molecule has 148 valence electrons. The quantitative estimate of drug-likeness (QED) is 0.447. The molecular formula is C23H21NO4S. The minimum absolute atomic E-state index is 0.0920. The molecule has 0 fully saturated rings. The van der Waals surface area contributed by atoms with E-state index in [1.54, 1.807) is 54.6 Å². The zero-order chi connectivity index (χ0) is 20.9. The molecule has 0 aliphatic rings. The monoisotopic (exact) mass is 407 g/mol. The highest BCUT2D eigenvalue weighted by Gasteiger charge is 2.26. The number of carbonyl (C=O) groups excluding carboxylic acids is 1. The van der Waals surface area contributed by atoms with Crippen molar-refractivity contribution in [3.8, 4) is 0 Å². The van der Waals surface area contributed by atoms with Gasteiger partial charge in [-0.1, -0.05) is 66.2 Å². The molecule has 3 aromatic carbocycles. The third-order valence-corrected chi connectivity index (χ3v) is 6.06. The van der Waals surface area contributed by atoms with Crippen molar-refractivity contribution in [1.29, 1.82) is 0 Å². The van der Waals surface area contributed by atoms with Crippen LogP contribution in [-0.2, 0) is 14.8 Å². The standard InChI is InChI=1S/C23H21NO4S/c1-18-13-15-21(16-14-18)29(26,27)24(2)22(17-19-9-5-3-6-10-19)28-23(25)20-11-7-4-8-12-20/h3-17H,1-2H3/b22-17+. The molecule has 0 aromatic heterocycles. The average Bonchev–Trinajstić information content (AvgIpc) is 2.74. The molecule has 0 spiro atoms. The molecule has 3 aromatic rings. The maximum Gasteiger partial charge on any atom is 0.344 e. The predicted octanol–water partition coefficient (Wildman–Crippen LogP) is 4.47. The highest BCUT2D eigenvalue weighted by atomic mass is 32.2. The average molecular weight is 407 g/mol. The molecule has 0 N–H and O–H groups in total. The van der Waals surface area contributed by atoms with Crippen LogP contribution < -0.4 is 0 Å². The van der Waals surface area contributed by atoms with Crippen LogP contribution in [0.1, 0.15) is 21.5 Å². The van der Waals surface area contributed by atoms with Crippen molar-refractivity contribution in [2.45, 2.75) is 11.8 Å². The zero-order valence-electron chi connectivity index (χ0n) is 16.1. The third kappa shape index (κ3) is 4.92. The van der Waals surface area contributed by atoms with Crippen molar-refractivity contribution in [3.05, 3.63) is 108 Å². The summed E-state index contributed by atoms with van der Waals surface area (Å²) < 4.78 is 32.7. The molecule has 0 radical (unpaired) electrons. The van der Waals surface area contributed by atoms with Crippen molar-refractivity contribution in [2.75, 3.05) is 7.05 Å². The predicted molar refractivity (Wildman–Crippen MR) is 112 cm³/mol. The third-order valence-electron chi connectivity index (χ3n) is 4.29. The van der Waals surface area contributed by atoms with Gasteiger partial charge >= 0.3 is 5.97 Å². The van der Waals surface area contributed by atoms with E-state index in [0.717, 1.165) is 9.87 Å². The molecule has 0 aliphatic heterocycles. The Morgan fingerprint density at radius 3 is 2.00 bits per heavy atom. The van der Waals surface area contributed by atoms with Crippen LogP contribution in [-0.4, -0.2) is 25.7 Å². The van der Waals surface area contributed by atoms with Gasteiger partial charge in [-0.15, -0.1) is 0 Å². The lowest BCUT2D eigenvalue weighted by atomic mass is 10.2. The lowest BCUT2D eigenvalue weighted by molar-refractivity contribution is 0.0574. The molecule has 3 rings (SSSR count). The van der Waals surface area contributed by atoms with E-state index in [2.05, 4.69) is 0 Å². The van der Waals surface area contributed by atoms with Crippen LogP contribution in [0.25, 0.3) is 6.08 Å². The summed E-state index contributed by atoms with van der Waals surface area (Å²) in [5.41, 5.74) is 1.98.